The second-order valence-electron chi connectivity index (χ2n) is 7.62. The van der Waals surface area contributed by atoms with Crippen LogP contribution in [0.3, 0.4) is 0 Å². The quantitative estimate of drug-likeness (QED) is 0.430. The molecule has 1 unspecified atom stereocenters. The Hall–Kier alpha value is -3.92. The van der Waals surface area contributed by atoms with Crippen molar-refractivity contribution in [2.75, 3.05) is 6.61 Å². The SMILES string of the molecule is O=c1c2c(-c3noc(C4CCCO4)n3)ncn2c2ccc(F)cc2n1Cc1ccccn1. The van der Waals surface area contributed by atoms with Crippen LogP contribution in [-0.2, 0) is 11.3 Å². The zero-order chi connectivity index (χ0) is 21.7. The molecule has 0 saturated carbocycles. The van der Waals surface area contributed by atoms with Crippen molar-refractivity contribution >= 4 is 16.6 Å². The number of halogens is 1. The number of pyridine rings is 1. The molecule has 9 nitrogen and oxygen atoms in total. The molecule has 0 aliphatic carbocycles. The number of ether oxygens (including phenoxy) is 1. The molecule has 1 fully saturated rings. The predicted molar refractivity (Wildman–Crippen MR) is 111 cm³/mol. The van der Waals surface area contributed by atoms with Gasteiger partial charge in [-0.1, -0.05) is 11.2 Å². The van der Waals surface area contributed by atoms with Crippen molar-refractivity contribution in [1.29, 1.82) is 0 Å². The van der Waals surface area contributed by atoms with Gasteiger partial charge < -0.3 is 9.26 Å². The third-order valence-corrected chi connectivity index (χ3v) is 5.61. The molecular formula is C22H17FN6O3. The highest BCUT2D eigenvalue weighted by atomic mass is 19.1. The third kappa shape index (κ3) is 2.99. The first-order valence-electron chi connectivity index (χ1n) is 10.2. The number of nitrogens with zero attached hydrogens (tertiary/aromatic N) is 6. The zero-order valence-corrected chi connectivity index (χ0v) is 16.8. The largest absolute Gasteiger partial charge is 0.368 e. The van der Waals surface area contributed by atoms with E-state index in [-0.39, 0.29) is 29.5 Å². The standard InChI is InChI=1S/C22H17FN6O3/c23-13-6-7-15-16(10-13)28(11-14-4-1-2-8-24-14)22(30)19-18(25-12-29(15)19)20-26-21(32-27-20)17-5-3-9-31-17/h1-2,4,6-8,10,12,17H,3,5,9,11H2. The van der Waals surface area contributed by atoms with Crippen LogP contribution in [0.4, 0.5) is 4.39 Å². The predicted octanol–water partition coefficient (Wildman–Crippen LogP) is 3.13. The van der Waals surface area contributed by atoms with E-state index in [1.807, 2.05) is 12.1 Å². The molecule has 0 N–H and O–H groups in total. The summed E-state index contributed by atoms with van der Waals surface area (Å²) in [5, 5.41) is 4.04. The lowest BCUT2D eigenvalue weighted by molar-refractivity contribution is 0.0835. The Morgan fingerprint density at radius 1 is 1.16 bits per heavy atom. The molecule has 1 aliphatic heterocycles. The summed E-state index contributed by atoms with van der Waals surface area (Å²) in [7, 11) is 0. The molecule has 0 radical (unpaired) electrons. The number of fused-ring (bicyclic) bond motifs is 3. The molecule has 1 atom stereocenters. The normalized spacial score (nSPS) is 16.3. The maximum atomic E-state index is 14.1. The van der Waals surface area contributed by atoms with Crippen LogP contribution in [-0.4, -0.2) is 35.7 Å². The van der Waals surface area contributed by atoms with E-state index in [2.05, 4.69) is 20.1 Å². The van der Waals surface area contributed by atoms with Gasteiger partial charge in [0.25, 0.3) is 11.4 Å². The Bertz CT molecular complexity index is 1500. The van der Waals surface area contributed by atoms with E-state index in [9.17, 15) is 9.18 Å². The second-order valence-corrected chi connectivity index (χ2v) is 7.62. The van der Waals surface area contributed by atoms with Gasteiger partial charge in [0.1, 0.15) is 29.5 Å². The number of rotatable bonds is 4. The summed E-state index contributed by atoms with van der Waals surface area (Å²) in [6.07, 6.45) is 4.65. The molecule has 4 aromatic heterocycles. The van der Waals surface area contributed by atoms with Crippen LogP contribution >= 0.6 is 0 Å². The summed E-state index contributed by atoms with van der Waals surface area (Å²) in [6.45, 7) is 0.824. The molecular weight excluding hydrogens is 415 g/mol. The van der Waals surface area contributed by atoms with Crippen molar-refractivity contribution in [3.05, 3.63) is 76.7 Å². The number of imidazole rings is 1. The number of aromatic nitrogens is 6. The molecule has 1 aliphatic rings. The van der Waals surface area contributed by atoms with Crippen molar-refractivity contribution in [1.82, 2.24) is 29.1 Å². The minimum atomic E-state index is -0.439. The van der Waals surface area contributed by atoms with Crippen molar-refractivity contribution in [3.8, 4) is 11.5 Å². The van der Waals surface area contributed by atoms with E-state index >= 15 is 0 Å². The molecule has 1 aromatic carbocycles. The summed E-state index contributed by atoms with van der Waals surface area (Å²) >= 11 is 0. The zero-order valence-electron chi connectivity index (χ0n) is 16.8. The van der Waals surface area contributed by atoms with Crippen LogP contribution in [0.5, 0.6) is 0 Å². The van der Waals surface area contributed by atoms with Gasteiger partial charge in [-0.2, -0.15) is 4.98 Å². The van der Waals surface area contributed by atoms with Crippen molar-refractivity contribution in [2.45, 2.75) is 25.5 Å². The number of benzene rings is 1. The molecule has 5 heterocycles. The Labute approximate surface area is 180 Å². The van der Waals surface area contributed by atoms with E-state index in [1.54, 1.807) is 22.7 Å². The van der Waals surface area contributed by atoms with Crippen LogP contribution in [0.1, 0.15) is 30.5 Å². The van der Waals surface area contributed by atoms with Crippen molar-refractivity contribution in [2.24, 2.45) is 0 Å². The van der Waals surface area contributed by atoms with Crippen LogP contribution in [0.25, 0.3) is 28.1 Å². The second kappa shape index (κ2) is 7.34. The Balaban J connectivity index is 1.57. The minimum absolute atomic E-state index is 0.175. The lowest BCUT2D eigenvalue weighted by Crippen LogP contribution is -2.24. The van der Waals surface area contributed by atoms with Gasteiger partial charge in [-0.3, -0.25) is 18.7 Å². The first kappa shape index (κ1) is 18.8. The maximum Gasteiger partial charge on any atom is 0.278 e. The number of hydrogen-bond donors (Lipinski definition) is 0. The van der Waals surface area contributed by atoms with Crippen molar-refractivity contribution in [3.63, 3.8) is 0 Å². The minimum Gasteiger partial charge on any atom is -0.368 e. The number of hydrogen-bond acceptors (Lipinski definition) is 7. The summed E-state index contributed by atoms with van der Waals surface area (Å²) in [4.78, 5) is 26.8. The first-order chi connectivity index (χ1) is 15.7. The van der Waals surface area contributed by atoms with E-state index in [4.69, 9.17) is 9.26 Å². The van der Waals surface area contributed by atoms with Crippen molar-refractivity contribution < 1.29 is 13.7 Å². The summed E-state index contributed by atoms with van der Waals surface area (Å²) in [6, 6.07) is 9.75. The van der Waals surface area contributed by atoms with Crippen LogP contribution in [0.2, 0.25) is 0 Å². The monoisotopic (exact) mass is 432 g/mol. The van der Waals surface area contributed by atoms with Gasteiger partial charge in [0.2, 0.25) is 5.82 Å². The Morgan fingerprint density at radius 2 is 2.09 bits per heavy atom. The topological polar surface area (TPSA) is 100 Å². The van der Waals surface area contributed by atoms with Gasteiger partial charge in [-0.05, 0) is 43.2 Å². The smallest absolute Gasteiger partial charge is 0.278 e. The molecule has 5 aromatic rings. The van der Waals surface area contributed by atoms with Crippen LogP contribution in [0, 0.1) is 5.82 Å². The van der Waals surface area contributed by atoms with Gasteiger partial charge in [0.05, 0.1) is 23.3 Å². The molecule has 10 heteroatoms. The van der Waals surface area contributed by atoms with Crippen LogP contribution in [0.15, 0.2) is 58.2 Å². The van der Waals surface area contributed by atoms with Gasteiger partial charge in [0, 0.05) is 12.8 Å². The highest BCUT2D eigenvalue weighted by Gasteiger charge is 2.26. The fourth-order valence-electron chi connectivity index (χ4n) is 4.10. The summed E-state index contributed by atoms with van der Waals surface area (Å²) in [5.41, 5.74) is 1.95. The fraction of sp³-hybridized carbons (Fsp3) is 0.227. The summed E-state index contributed by atoms with van der Waals surface area (Å²) in [5.74, 6) is 0.141. The Kier molecular flexibility index (Phi) is 4.32. The Morgan fingerprint density at radius 3 is 2.91 bits per heavy atom. The maximum absolute atomic E-state index is 14.1. The van der Waals surface area contributed by atoms with E-state index in [0.717, 1.165) is 12.8 Å². The van der Waals surface area contributed by atoms with Crippen LogP contribution < -0.4 is 5.56 Å². The molecule has 1 saturated heterocycles. The highest BCUT2D eigenvalue weighted by molar-refractivity contribution is 5.83. The lowest BCUT2D eigenvalue weighted by Gasteiger charge is -2.12. The highest BCUT2D eigenvalue weighted by Crippen LogP contribution is 2.29. The van der Waals surface area contributed by atoms with E-state index < -0.39 is 5.82 Å². The van der Waals surface area contributed by atoms with Gasteiger partial charge >= 0.3 is 0 Å². The summed E-state index contributed by atoms with van der Waals surface area (Å²) < 4.78 is 28.2. The van der Waals surface area contributed by atoms with E-state index in [0.29, 0.717) is 34.9 Å². The fourth-order valence-corrected chi connectivity index (χ4v) is 4.10. The lowest BCUT2D eigenvalue weighted by atomic mass is 10.2. The average Bonchev–Trinajstić information content (AvgIpc) is 3.57. The molecule has 32 heavy (non-hydrogen) atoms. The average molecular weight is 432 g/mol. The first-order valence-corrected chi connectivity index (χ1v) is 10.2. The molecule has 0 spiro atoms. The molecule has 6 rings (SSSR count). The van der Waals surface area contributed by atoms with Gasteiger partial charge in [0.15, 0.2) is 0 Å². The van der Waals surface area contributed by atoms with Gasteiger partial charge in [-0.25, -0.2) is 9.37 Å². The molecule has 0 bridgehead atoms. The molecule has 0 amide bonds. The van der Waals surface area contributed by atoms with E-state index in [1.165, 1.54) is 23.0 Å². The van der Waals surface area contributed by atoms with Gasteiger partial charge in [-0.15, -0.1) is 0 Å². The molecule has 160 valence electrons. The third-order valence-electron chi connectivity index (χ3n) is 5.61.